The van der Waals surface area contributed by atoms with Crippen LogP contribution < -0.4 is 5.32 Å². The van der Waals surface area contributed by atoms with E-state index in [0.29, 0.717) is 19.0 Å². The summed E-state index contributed by atoms with van der Waals surface area (Å²) >= 11 is 0. The molecule has 1 aliphatic carbocycles. The molecule has 0 spiro atoms. The van der Waals surface area contributed by atoms with Gasteiger partial charge in [0.15, 0.2) is 0 Å². The predicted molar refractivity (Wildman–Crippen MR) is 132 cm³/mol. The number of carbonyl (C=O) groups is 2. The Morgan fingerprint density at radius 2 is 1.91 bits per heavy atom. The average molecular weight is 445 g/mol. The Balaban J connectivity index is 1.64. The van der Waals surface area contributed by atoms with Gasteiger partial charge in [-0.3, -0.25) is 9.69 Å². The highest BCUT2D eigenvalue weighted by atomic mass is 16.2. The smallest absolute Gasteiger partial charge is 0.317 e. The maximum Gasteiger partial charge on any atom is 0.317 e. The van der Waals surface area contributed by atoms with Crippen LogP contribution in [0, 0.1) is 11.3 Å². The van der Waals surface area contributed by atoms with Gasteiger partial charge in [-0.1, -0.05) is 50.6 Å². The third-order valence-corrected chi connectivity index (χ3v) is 6.08. The van der Waals surface area contributed by atoms with Gasteiger partial charge in [0.2, 0.25) is 5.91 Å². The Morgan fingerprint density at radius 1 is 1.16 bits per heavy atom. The first-order chi connectivity index (χ1) is 15.1. The van der Waals surface area contributed by atoms with Crippen molar-refractivity contribution in [2.24, 2.45) is 11.3 Å². The topological polar surface area (TPSA) is 55.9 Å². The summed E-state index contributed by atoms with van der Waals surface area (Å²) in [5, 5.41) is 2.74. The van der Waals surface area contributed by atoms with Crippen molar-refractivity contribution in [3.05, 3.63) is 35.5 Å². The summed E-state index contributed by atoms with van der Waals surface area (Å²) in [4.78, 5) is 30.2. The maximum atomic E-state index is 12.3. The van der Waals surface area contributed by atoms with Crippen LogP contribution in [-0.4, -0.2) is 80.5 Å². The zero-order valence-electron chi connectivity index (χ0n) is 21.1. The Morgan fingerprint density at radius 3 is 2.62 bits per heavy atom. The predicted octanol–water partition coefficient (Wildman–Crippen LogP) is 4.07. The molecule has 2 aliphatic rings. The molecule has 1 heterocycles. The summed E-state index contributed by atoms with van der Waals surface area (Å²) in [6, 6.07) is -0.187. The quantitative estimate of drug-likeness (QED) is 0.431. The molecule has 6 heteroatoms. The summed E-state index contributed by atoms with van der Waals surface area (Å²) in [5.41, 5.74) is 3.26. The molecular formula is C26H44N4O2. The summed E-state index contributed by atoms with van der Waals surface area (Å²) in [6.45, 7) is 9.88. The van der Waals surface area contributed by atoms with Crippen LogP contribution in [0.25, 0.3) is 0 Å². The Hall–Kier alpha value is -2.08. The maximum absolute atomic E-state index is 12.3. The van der Waals surface area contributed by atoms with Crippen LogP contribution in [0.3, 0.4) is 0 Å². The summed E-state index contributed by atoms with van der Waals surface area (Å²) in [6.07, 6.45) is 14.6. The molecule has 6 nitrogen and oxygen atoms in total. The van der Waals surface area contributed by atoms with E-state index in [1.807, 2.05) is 0 Å². The number of nitrogens with one attached hydrogen (secondary N) is 1. The highest BCUT2D eigenvalue weighted by Gasteiger charge is 2.24. The van der Waals surface area contributed by atoms with Crippen molar-refractivity contribution in [1.82, 2.24) is 20.0 Å². The molecule has 0 radical (unpaired) electrons. The largest absolute Gasteiger partial charge is 0.344 e. The van der Waals surface area contributed by atoms with E-state index in [9.17, 15) is 9.59 Å². The van der Waals surface area contributed by atoms with E-state index in [1.165, 1.54) is 0 Å². The highest BCUT2D eigenvalue weighted by molar-refractivity contribution is 5.83. The normalized spacial score (nSPS) is 19.2. The van der Waals surface area contributed by atoms with Crippen molar-refractivity contribution < 1.29 is 9.59 Å². The number of hydrogen-bond acceptors (Lipinski definition) is 3. The van der Waals surface area contributed by atoms with E-state index in [4.69, 9.17) is 0 Å². The lowest BCUT2D eigenvalue weighted by Gasteiger charge is -2.27. The molecular weight excluding hydrogens is 400 g/mol. The van der Waals surface area contributed by atoms with Gasteiger partial charge in [0.05, 0.1) is 6.54 Å². The zero-order valence-corrected chi connectivity index (χ0v) is 21.1. The van der Waals surface area contributed by atoms with E-state index < -0.39 is 0 Å². The summed E-state index contributed by atoms with van der Waals surface area (Å²) in [7, 11) is 5.77. The zero-order chi connectivity index (χ0) is 23.7. The number of rotatable bonds is 9. The van der Waals surface area contributed by atoms with E-state index in [-0.39, 0.29) is 23.9 Å². The second-order valence-electron chi connectivity index (χ2n) is 10.6. The molecule has 0 bridgehead atoms. The van der Waals surface area contributed by atoms with Crippen molar-refractivity contribution in [1.29, 1.82) is 0 Å². The van der Waals surface area contributed by atoms with E-state index >= 15 is 0 Å². The van der Waals surface area contributed by atoms with Gasteiger partial charge in [0, 0.05) is 46.2 Å². The van der Waals surface area contributed by atoms with Crippen LogP contribution in [0.2, 0.25) is 0 Å². The number of amides is 3. The van der Waals surface area contributed by atoms with Gasteiger partial charge in [-0.2, -0.15) is 0 Å². The molecule has 180 valence electrons. The van der Waals surface area contributed by atoms with Gasteiger partial charge in [-0.05, 0) is 50.1 Å². The molecule has 0 saturated heterocycles. The fourth-order valence-corrected chi connectivity index (χ4v) is 4.46. The molecule has 1 aliphatic heterocycles. The van der Waals surface area contributed by atoms with Crippen molar-refractivity contribution in [3.8, 4) is 0 Å². The SMILES string of the molecule is CN1CC2=C(C1)C(C=CCCCCN(C)C(=O)NCC(=O)N(C)CC(C)(C)C)CC=CC2. The molecule has 1 unspecified atom stereocenters. The van der Waals surface area contributed by atoms with Crippen molar-refractivity contribution in [3.63, 3.8) is 0 Å². The van der Waals surface area contributed by atoms with Gasteiger partial charge >= 0.3 is 6.03 Å². The molecule has 0 aromatic heterocycles. The molecule has 0 fully saturated rings. The number of carbonyl (C=O) groups excluding carboxylic acids is 2. The monoisotopic (exact) mass is 444 g/mol. The van der Waals surface area contributed by atoms with Gasteiger partial charge in [-0.25, -0.2) is 4.79 Å². The van der Waals surface area contributed by atoms with Crippen LogP contribution in [0.5, 0.6) is 0 Å². The number of nitrogens with zero attached hydrogens (tertiary/aromatic N) is 3. The van der Waals surface area contributed by atoms with Gasteiger partial charge < -0.3 is 15.1 Å². The number of allylic oxidation sites excluding steroid dienone is 4. The lowest BCUT2D eigenvalue weighted by molar-refractivity contribution is -0.129. The third-order valence-electron chi connectivity index (χ3n) is 6.08. The minimum atomic E-state index is -0.187. The number of urea groups is 1. The number of hydrogen-bond donors (Lipinski definition) is 1. The highest BCUT2D eigenvalue weighted by Crippen LogP contribution is 2.31. The molecule has 1 N–H and O–H groups in total. The molecule has 0 aromatic rings. The summed E-state index contributed by atoms with van der Waals surface area (Å²) in [5.74, 6) is 0.475. The first-order valence-electron chi connectivity index (χ1n) is 12.0. The lowest BCUT2D eigenvalue weighted by Crippen LogP contribution is -2.45. The third kappa shape index (κ3) is 8.81. The molecule has 3 amide bonds. The second-order valence-corrected chi connectivity index (χ2v) is 10.6. The molecule has 2 rings (SSSR count). The van der Waals surface area contributed by atoms with Crippen LogP contribution >= 0.6 is 0 Å². The molecule has 0 saturated carbocycles. The van der Waals surface area contributed by atoms with Crippen LogP contribution in [-0.2, 0) is 4.79 Å². The van der Waals surface area contributed by atoms with Crippen molar-refractivity contribution in [2.45, 2.75) is 52.9 Å². The van der Waals surface area contributed by atoms with Crippen molar-refractivity contribution >= 4 is 11.9 Å². The minimum absolute atomic E-state index is 0.0409. The van der Waals surface area contributed by atoms with Crippen LogP contribution in [0.4, 0.5) is 4.79 Å². The summed E-state index contributed by atoms with van der Waals surface area (Å²) < 4.78 is 0. The standard InChI is InChI=1S/C26H44N4O2/c1-26(2,3)20-30(6)24(31)17-27-25(32)29(5)16-12-8-7-9-13-21-14-10-11-15-22-18-28(4)19-23(21)22/h9-11,13,21H,7-8,12,14-20H2,1-6H3,(H,27,32). The van der Waals surface area contributed by atoms with Gasteiger partial charge in [0.25, 0.3) is 0 Å². The average Bonchev–Trinajstić information content (AvgIpc) is 2.98. The lowest BCUT2D eigenvalue weighted by atomic mass is 9.93. The Kier molecular flexibility index (Phi) is 10.0. The van der Waals surface area contributed by atoms with E-state index in [2.05, 4.69) is 62.3 Å². The molecule has 0 aromatic carbocycles. The van der Waals surface area contributed by atoms with Crippen LogP contribution in [0.15, 0.2) is 35.5 Å². The van der Waals surface area contributed by atoms with Gasteiger partial charge in [-0.15, -0.1) is 0 Å². The van der Waals surface area contributed by atoms with Crippen LogP contribution in [0.1, 0.15) is 52.9 Å². The Labute approximate surface area is 195 Å². The Bertz CT molecular complexity index is 733. The first kappa shape index (κ1) is 26.2. The first-order valence-corrected chi connectivity index (χ1v) is 12.0. The van der Waals surface area contributed by atoms with E-state index in [1.54, 1.807) is 35.0 Å². The minimum Gasteiger partial charge on any atom is -0.344 e. The molecule has 32 heavy (non-hydrogen) atoms. The fourth-order valence-electron chi connectivity index (χ4n) is 4.46. The number of likely N-dealkylation sites (N-methyl/N-ethyl adjacent to an activating group) is 2. The number of unbranched alkanes of at least 4 members (excludes halogenated alkanes) is 2. The van der Waals surface area contributed by atoms with E-state index in [0.717, 1.165) is 45.2 Å². The fraction of sp³-hybridized carbons (Fsp3) is 0.692. The molecule has 1 atom stereocenters. The van der Waals surface area contributed by atoms with Crippen molar-refractivity contribution in [2.75, 3.05) is 53.9 Å². The second kappa shape index (κ2) is 12.2. The van der Waals surface area contributed by atoms with Gasteiger partial charge in [0.1, 0.15) is 0 Å².